The minimum absolute atomic E-state index is 0.847. The fraction of sp³-hybridized carbons (Fsp3) is 0.333. The molecule has 2 N–H and O–H groups in total. The van der Waals surface area contributed by atoms with Gasteiger partial charge in [-0.05, 0) is 39.2 Å². The summed E-state index contributed by atoms with van der Waals surface area (Å²) in [4.78, 5) is 5.00. The molecular formula is C18H21Br2N3. The van der Waals surface area contributed by atoms with Crippen molar-refractivity contribution in [2.75, 3.05) is 31.9 Å². The van der Waals surface area contributed by atoms with Crippen LogP contribution in [-0.2, 0) is 13.1 Å². The van der Waals surface area contributed by atoms with Crippen LogP contribution in [-0.4, -0.2) is 36.0 Å². The molecule has 0 aromatic heterocycles. The fourth-order valence-corrected chi connectivity index (χ4v) is 4.27. The third kappa shape index (κ3) is 4.57. The largest absolute Gasteiger partial charge is 0.398 e. The maximum atomic E-state index is 6.19. The van der Waals surface area contributed by atoms with Gasteiger partial charge < -0.3 is 5.73 Å². The predicted molar refractivity (Wildman–Crippen MR) is 103 cm³/mol. The highest BCUT2D eigenvalue weighted by Gasteiger charge is 2.18. The summed E-state index contributed by atoms with van der Waals surface area (Å²) >= 11 is 7.07. The number of piperazine rings is 1. The molecule has 1 aliphatic rings. The van der Waals surface area contributed by atoms with E-state index in [-0.39, 0.29) is 0 Å². The Balaban J connectivity index is 1.55. The smallest absolute Gasteiger partial charge is 0.0504 e. The quantitative estimate of drug-likeness (QED) is 0.729. The minimum Gasteiger partial charge on any atom is -0.398 e. The molecule has 0 atom stereocenters. The van der Waals surface area contributed by atoms with Gasteiger partial charge in [-0.25, -0.2) is 0 Å². The molecule has 0 unspecified atom stereocenters. The van der Waals surface area contributed by atoms with Crippen LogP contribution < -0.4 is 5.73 Å². The second kappa shape index (κ2) is 7.79. The number of halogens is 2. The Hall–Kier alpha value is -0.880. The molecule has 5 heteroatoms. The summed E-state index contributed by atoms with van der Waals surface area (Å²) < 4.78 is 2.03. The molecule has 1 aliphatic heterocycles. The standard InChI is InChI=1S/C18H21Br2N3/c19-16-10-15(18(21)17(20)11-16)13-23-8-6-22(7-9-23)12-14-4-2-1-3-5-14/h1-5,10-11H,6-9,12-13,21H2. The molecule has 122 valence electrons. The van der Waals surface area contributed by atoms with Crippen LogP contribution in [0, 0.1) is 0 Å². The molecule has 0 saturated carbocycles. The number of anilines is 1. The Kier molecular flexibility index (Phi) is 5.75. The van der Waals surface area contributed by atoms with Gasteiger partial charge in [0.25, 0.3) is 0 Å². The topological polar surface area (TPSA) is 32.5 Å². The zero-order valence-electron chi connectivity index (χ0n) is 13.0. The Morgan fingerprint density at radius 2 is 1.48 bits per heavy atom. The molecule has 0 amide bonds. The fourth-order valence-electron chi connectivity index (χ4n) is 2.96. The van der Waals surface area contributed by atoms with Crippen molar-refractivity contribution in [2.45, 2.75) is 13.1 Å². The molecule has 2 aromatic rings. The molecule has 23 heavy (non-hydrogen) atoms. The van der Waals surface area contributed by atoms with Gasteiger partial charge in [0.05, 0.1) is 5.69 Å². The summed E-state index contributed by atoms with van der Waals surface area (Å²) in [5.41, 5.74) is 9.61. The molecule has 3 rings (SSSR count). The van der Waals surface area contributed by atoms with Gasteiger partial charge in [0.1, 0.15) is 0 Å². The van der Waals surface area contributed by atoms with Crippen LogP contribution in [0.3, 0.4) is 0 Å². The number of nitrogens with two attached hydrogens (primary N) is 1. The van der Waals surface area contributed by atoms with Gasteiger partial charge in [0.2, 0.25) is 0 Å². The lowest BCUT2D eigenvalue weighted by Crippen LogP contribution is -2.45. The van der Waals surface area contributed by atoms with Crippen molar-refractivity contribution in [3.63, 3.8) is 0 Å². The molecule has 0 spiro atoms. The van der Waals surface area contributed by atoms with Gasteiger partial charge in [-0.15, -0.1) is 0 Å². The molecule has 3 nitrogen and oxygen atoms in total. The first kappa shape index (κ1) is 17.0. The normalized spacial score (nSPS) is 16.6. The lowest BCUT2D eigenvalue weighted by atomic mass is 10.1. The van der Waals surface area contributed by atoms with E-state index >= 15 is 0 Å². The van der Waals surface area contributed by atoms with E-state index in [1.54, 1.807) is 0 Å². The van der Waals surface area contributed by atoms with Crippen molar-refractivity contribution in [1.82, 2.24) is 9.80 Å². The van der Waals surface area contributed by atoms with Crippen LogP contribution in [0.2, 0.25) is 0 Å². The van der Waals surface area contributed by atoms with Crippen LogP contribution in [0.4, 0.5) is 5.69 Å². The van der Waals surface area contributed by atoms with Gasteiger partial charge in [-0.1, -0.05) is 46.3 Å². The molecular weight excluding hydrogens is 418 g/mol. The zero-order valence-corrected chi connectivity index (χ0v) is 16.2. The number of nitrogens with zero attached hydrogens (tertiary/aromatic N) is 2. The Labute approximate surface area is 154 Å². The van der Waals surface area contributed by atoms with Crippen molar-refractivity contribution in [3.8, 4) is 0 Å². The van der Waals surface area contributed by atoms with E-state index in [1.807, 2.05) is 6.07 Å². The molecule has 1 fully saturated rings. The number of nitrogen functional groups attached to an aromatic ring is 1. The summed E-state index contributed by atoms with van der Waals surface area (Å²) in [6, 6.07) is 14.8. The van der Waals surface area contributed by atoms with Crippen molar-refractivity contribution < 1.29 is 0 Å². The third-order valence-electron chi connectivity index (χ3n) is 4.29. The van der Waals surface area contributed by atoms with Gasteiger partial charge in [-0.2, -0.15) is 0 Å². The Morgan fingerprint density at radius 1 is 0.870 bits per heavy atom. The average molecular weight is 439 g/mol. The van der Waals surface area contributed by atoms with E-state index in [9.17, 15) is 0 Å². The number of hydrogen-bond donors (Lipinski definition) is 1. The van der Waals surface area contributed by atoms with Gasteiger partial charge in [-0.3, -0.25) is 9.80 Å². The van der Waals surface area contributed by atoms with E-state index in [0.717, 1.165) is 53.9 Å². The van der Waals surface area contributed by atoms with E-state index in [1.165, 1.54) is 11.1 Å². The summed E-state index contributed by atoms with van der Waals surface area (Å²) in [5.74, 6) is 0. The maximum absolute atomic E-state index is 6.19. The SMILES string of the molecule is Nc1c(Br)cc(Br)cc1CN1CCN(Cc2ccccc2)CC1. The molecule has 1 heterocycles. The van der Waals surface area contributed by atoms with Crippen molar-refractivity contribution >= 4 is 37.5 Å². The highest BCUT2D eigenvalue weighted by Crippen LogP contribution is 2.29. The predicted octanol–water partition coefficient (Wildman–Crippen LogP) is 4.11. The van der Waals surface area contributed by atoms with Gasteiger partial charge in [0.15, 0.2) is 0 Å². The summed E-state index contributed by atoms with van der Waals surface area (Å²) in [6.07, 6.45) is 0. The molecule has 0 aliphatic carbocycles. The first-order chi connectivity index (χ1) is 11.1. The second-order valence-corrected chi connectivity index (χ2v) is 7.77. The maximum Gasteiger partial charge on any atom is 0.0504 e. The summed E-state index contributed by atoms with van der Waals surface area (Å²) in [6.45, 7) is 6.31. The van der Waals surface area contributed by atoms with Crippen molar-refractivity contribution in [2.24, 2.45) is 0 Å². The van der Waals surface area contributed by atoms with Crippen LogP contribution in [0.15, 0.2) is 51.4 Å². The average Bonchev–Trinajstić information content (AvgIpc) is 2.55. The van der Waals surface area contributed by atoms with E-state index in [2.05, 4.69) is 78.1 Å². The molecule has 0 radical (unpaired) electrons. The van der Waals surface area contributed by atoms with E-state index in [4.69, 9.17) is 5.73 Å². The summed E-state index contributed by atoms with van der Waals surface area (Å²) in [7, 11) is 0. The highest BCUT2D eigenvalue weighted by atomic mass is 79.9. The number of rotatable bonds is 4. The highest BCUT2D eigenvalue weighted by molar-refractivity contribution is 9.11. The van der Waals surface area contributed by atoms with Crippen LogP contribution in [0.25, 0.3) is 0 Å². The zero-order chi connectivity index (χ0) is 16.2. The Morgan fingerprint density at radius 3 is 2.13 bits per heavy atom. The molecule has 0 bridgehead atoms. The molecule has 2 aromatic carbocycles. The summed E-state index contributed by atoms with van der Waals surface area (Å²) in [5, 5.41) is 0. The van der Waals surface area contributed by atoms with Crippen LogP contribution >= 0.6 is 31.9 Å². The monoisotopic (exact) mass is 437 g/mol. The number of benzene rings is 2. The molecule has 1 saturated heterocycles. The van der Waals surface area contributed by atoms with E-state index in [0.29, 0.717) is 0 Å². The van der Waals surface area contributed by atoms with Gasteiger partial charge >= 0.3 is 0 Å². The van der Waals surface area contributed by atoms with Crippen LogP contribution in [0.5, 0.6) is 0 Å². The lowest BCUT2D eigenvalue weighted by molar-refractivity contribution is 0.122. The van der Waals surface area contributed by atoms with Crippen molar-refractivity contribution in [3.05, 3.63) is 62.5 Å². The lowest BCUT2D eigenvalue weighted by Gasteiger charge is -2.35. The minimum atomic E-state index is 0.847. The third-order valence-corrected chi connectivity index (χ3v) is 5.40. The van der Waals surface area contributed by atoms with Crippen LogP contribution in [0.1, 0.15) is 11.1 Å². The van der Waals surface area contributed by atoms with Crippen molar-refractivity contribution in [1.29, 1.82) is 0 Å². The number of hydrogen-bond acceptors (Lipinski definition) is 3. The first-order valence-corrected chi connectivity index (χ1v) is 9.42. The van der Waals surface area contributed by atoms with E-state index < -0.39 is 0 Å². The Bertz CT molecular complexity index is 653. The van der Waals surface area contributed by atoms with Gasteiger partial charge in [0, 0.05) is 48.2 Å². The first-order valence-electron chi connectivity index (χ1n) is 7.84. The second-order valence-electron chi connectivity index (χ2n) is 6.00.